The molecular weight excluding hydrogens is 537 g/mol. The maximum absolute atomic E-state index is 13.3. The van der Waals surface area contributed by atoms with Crippen LogP contribution >= 0.6 is 34.8 Å². The number of halogens is 3. The lowest BCUT2D eigenvalue weighted by Crippen LogP contribution is -2.45. The highest BCUT2D eigenvalue weighted by atomic mass is 35.5. The first-order valence-electron chi connectivity index (χ1n) is 11.8. The quantitative estimate of drug-likeness (QED) is 0.292. The van der Waals surface area contributed by atoms with E-state index in [1.807, 2.05) is 24.1 Å². The molecule has 0 spiro atoms. The number of amides is 1. The van der Waals surface area contributed by atoms with E-state index in [2.05, 4.69) is 15.8 Å². The number of aromatic nitrogens is 2. The highest BCUT2D eigenvalue weighted by Gasteiger charge is 2.26. The van der Waals surface area contributed by atoms with E-state index in [0.29, 0.717) is 49.8 Å². The molecule has 1 fully saturated rings. The van der Waals surface area contributed by atoms with Crippen LogP contribution in [0, 0.1) is 6.92 Å². The van der Waals surface area contributed by atoms with E-state index in [0.717, 1.165) is 38.4 Å². The SMILES string of the molecule is Cc1c(C(=O)NN2CCCCC2)nn(-c2ccc(Cl)cc2Cl)c1-c1ccc(NC/C=C/C(=O)O)cc1Cl. The number of hydrogen-bond donors (Lipinski definition) is 3. The summed E-state index contributed by atoms with van der Waals surface area (Å²) in [7, 11) is 0. The minimum atomic E-state index is -1.01. The van der Waals surface area contributed by atoms with Crippen LogP contribution in [0.3, 0.4) is 0 Å². The number of piperidine rings is 1. The zero-order valence-electron chi connectivity index (χ0n) is 20.1. The molecule has 1 aromatic heterocycles. The molecule has 2 aromatic carbocycles. The molecule has 3 N–H and O–H groups in total. The van der Waals surface area contributed by atoms with Crippen LogP contribution in [0.5, 0.6) is 0 Å². The van der Waals surface area contributed by atoms with Gasteiger partial charge in [-0.25, -0.2) is 14.5 Å². The van der Waals surface area contributed by atoms with Gasteiger partial charge in [0.15, 0.2) is 5.69 Å². The van der Waals surface area contributed by atoms with Crippen LogP contribution in [0.1, 0.15) is 35.3 Å². The van der Waals surface area contributed by atoms with Crippen LogP contribution in [0.15, 0.2) is 48.6 Å². The van der Waals surface area contributed by atoms with Gasteiger partial charge in [-0.1, -0.05) is 47.3 Å². The number of carboxylic acids is 1. The highest BCUT2D eigenvalue weighted by Crippen LogP contribution is 2.37. The number of carboxylic acid groups (broad SMARTS) is 1. The molecule has 0 radical (unpaired) electrons. The van der Waals surface area contributed by atoms with E-state index in [4.69, 9.17) is 39.9 Å². The van der Waals surface area contributed by atoms with Gasteiger partial charge in [0.1, 0.15) is 0 Å². The lowest BCUT2D eigenvalue weighted by atomic mass is 10.1. The van der Waals surface area contributed by atoms with Gasteiger partial charge in [0, 0.05) is 47.5 Å². The van der Waals surface area contributed by atoms with Gasteiger partial charge in [-0.05, 0) is 56.2 Å². The van der Waals surface area contributed by atoms with Gasteiger partial charge < -0.3 is 10.4 Å². The second kappa shape index (κ2) is 12.0. The monoisotopic (exact) mass is 561 g/mol. The Morgan fingerprint density at radius 1 is 1.05 bits per heavy atom. The van der Waals surface area contributed by atoms with Gasteiger partial charge in [0.25, 0.3) is 5.91 Å². The molecule has 0 unspecified atom stereocenters. The normalized spacial score (nSPS) is 14.2. The minimum Gasteiger partial charge on any atom is -0.478 e. The largest absolute Gasteiger partial charge is 0.478 e. The maximum Gasteiger partial charge on any atom is 0.328 e. The second-order valence-corrected chi connectivity index (χ2v) is 9.89. The Bertz CT molecular complexity index is 1350. The number of anilines is 1. The molecule has 8 nitrogen and oxygen atoms in total. The number of hydrazine groups is 1. The zero-order valence-corrected chi connectivity index (χ0v) is 22.4. The summed E-state index contributed by atoms with van der Waals surface area (Å²) in [6, 6.07) is 10.4. The molecule has 0 aliphatic carbocycles. The number of carbonyl (C=O) groups excluding carboxylic acids is 1. The third kappa shape index (κ3) is 6.45. The van der Waals surface area contributed by atoms with Crippen LogP contribution in [0.4, 0.5) is 5.69 Å². The van der Waals surface area contributed by atoms with Crippen molar-refractivity contribution in [3.8, 4) is 16.9 Å². The Hall–Kier alpha value is -3.04. The molecule has 0 saturated carbocycles. The lowest BCUT2D eigenvalue weighted by Gasteiger charge is -2.26. The average Bonchev–Trinajstić information content (AvgIpc) is 3.19. The van der Waals surface area contributed by atoms with Crippen LogP contribution in [-0.4, -0.2) is 51.4 Å². The molecular formula is C26H26Cl3N5O3. The van der Waals surface area contributed by atoms with Crippen molar-refractivity contribution in [2.24, 2.45) is 0 Å². The Kier molecular flexibility index (Phi) is 8.76. The van der Waals surface area contributed by atoms with Gasteiger partial charge in [-0.3, -0.25) is 10.2 Å². The molecule has 2 heterocycles. The van der Waals surface area contributed by atoms with Crippen molar-refractivity contribution in [3.05, 3.63) is 74.9 Å². The number of nitrogens with zero attached hydrogens (tertiary/aromatic N) is 3. The molecule has 4 rings (SSSR count). The molecule has 1 aliphatic heterocycles. The smallest absolute Gasteiger partial charge is 0.328 e. The Morgan fingerprint density at radius 2 is 1.81 bits per heavy atom. The van der Waals surface area contributed by atoms with Crippen molar-refractivity contribution in [1.82, 2.24) is 20.2 Å². The first kappa shape index (κ1) is 27.0. The Labute approximate surface area is 229 Å². The van der Waals surface area contributed by atoms with Crippen LogP contribution < -0.4 is 10.7 Å². The van der Waals surface area contributed by atoms with Crippen molar-refractivity contribution in [3.63, 3.8) is 0 Å². The number of hydrogen-bond acceptors (Lipinski definition) is 5. The van der Waals surface area contributed by atoms with Crippen molar-refractivity contribution < 1.29 is 14.7 Å². The summed E-state index contributed by atoms with van der Waals surface area (Å²) in [4.78, 5) is 23.9. The van der Waals surface area contributed by atoms with E-state index >= 15 is 0 Å². The third-order valence-electron chi connectivity index (χ3n) is 6.00. The standard InChI is InChI=1S/C26H26Cl3N5O3/c1-16-24(26(37)32-33-12-3-2-4-13-33)31-34(22-10-7-17(27)14-21(22)29)25(16)19-9-8-18(15-20(19)28)30-11-5-6-23(35)36/h5-10,14-15,30H,2-4,11-13H2,1H3,(H,32,37)(H,35,36)/b6-5+. The van der Waals surface area contributed by atoms with Crippen molar-refractivity contribution in [1.29, 1.82) is 0 Å². The molecule has 37 heavy (non-hydrogen) atoms. The van der Waals surface area contributed by atoms with E-state index in [1.165, 1.54) is 6.08 Å². The fraction of sp³-hybridized carbons (Fsp3) is 0.269. The molecule has 194 valence electrons. The fourth-order valence-electron chi connectivity index (χ4n) is 4.21. The topological polar surface area (TPSA) is 99.5 Å². The molecule has 0 bridgehead atoms. The van der Waals surface area contributed by atoms with Crippen LogP contribution in [0.25, 0.3) is 16.9 Å². The third-order valence-corrected chi connectivity index (χ3v) is 6.85. The first-order valence-corrected chi connectivity index (χ1v) is 12.9. The second-order valence-electron chi connectivity index (χ2n) is 8.63. The number of rotatable bonds is 8. The van der Waals surface area contributed by atoms with E-state index < -0.39 is 5.97 Å². The summed E-state index contributed by atoms with van der Waals surface area (Å²) in [6.07, 6.45) is 5.78. The summed E-state index contributed by atoms with van der Waals surface area (Å²) >= 11 is 19.4. The number of nitrogens with one attached hydrogen (secondary N) is 2. The highest BCUT2D eigenvalue weighted by molar-refractivity contribution is 6.36. The van der Waals surface area contributed by atoms with Gasteiger partial charge >= 0.3 is 5.97 Å². The predicted octanol–water partition coefficient (Wildman–Crippen LogP) is 5.99. The average molecular weight is 563 g/mol. The number of benzene rings is 2. The first-order chi connectivity index (χ1) is 17.7. The Balaban J connectivity index is 1.73. The summed E-state index contributed by atoms with van der Waals surface area (Å²) in [6.45, 7) is 3.74. The van der Waals surface area contributed by atoms with Crippen molar-refractivity contribution in [2.75, 3.05) is 25.0 Å². The van der Waals surface area contributed by atoms with Crippen molar-refractivity contribution in [2.45, 2.75) is 26.2 Å². The molecule has 0 atom stereocenters. The van der Waals surface area contributed by atoms with E-state index in [1.54, 1.807) is 28.9 Å². The van der Waals surface area contributed by atoms with Crippen molar-refractivity contribution >= 4 is 52.4 Å². The molecule has 3 aromatic rings. The molecule has 1 amide bonds. The van der Waals surface area contributed by atoms with E-state index in [-0.39, 0.29) is 11.6 Å². The van der Waals surface area contributed by atoms with Gasteiger partial charge in [0.2, 0.25) is 0 Å². The van der Waals surface area contributed by atoms with E-state index in [9.17, 15) is 9.59 Å². The molecule has 1 saturated heterocycles. The number of aliphatic carboxylic acids is 1. The number of carbonyl (C=O) groups is 2. The van der Waals surface area contributed by atoms with Gasteiger partial charge in [0.05, 0.1) is 21.4 Å². The summed E-state index contributed by atoms with van der Waals surface area (Å²) in [5, 5.41) is 19.7. The zero-order chi connectivity index (χ0) is 26.5. The minimum absolute atomic E-state index is 0.267. The molecule has 1 aliphatic rings. The Morgan fingerprint density at radius 3 is 2.49 bits per heavy atom. The summed E-state index contributed by atoms with van der Waals surface area (Å²) in [5.41, 5.74) is 6.43. The summed E-state index contributed by atoms with van der Waals surface area (Å²) < 4.78 is 1.61. The van der Waals surface area contributed by atoms with Gasteiger partial charge in [-0.15, -0.1) is 0 Å². The molecule has 11 heteroatoms. The lowest BCUT2D eigenvalue weighted by molar-refractivity contribution is -0.131. The summed E-state index contributed by atoms with van der Waals surface area (Å²) in [5.74, 6) is -1.32. The van der Waals surface area contributed by atoms with Gasteiger partial charge in [-0.2, -0.15) is 5.10 Å². The fourth-order valence-corrected chi connectivity index (χ4v) is 4.97. The maximum atomic E-state index is 13.3. The van der Waals surface area contributed by atoms with Crippen LogP contribution in [-0.2, 0) is 4.79 Å². The van der Waals surface area contributed by atoms with Crippen LogP contribution in [0.2, 0.25) is 15.1 Å². The predicted molar refractivity (Wildman–Crippen MR) is 147 cm³/mol.